The van der Waals surface area contributed by atoms with Crippen LogP contribution in [0.15, 0.2) is 48.5 Å². The molecule has 1 N–H and O–H groups in total. The second kappa shape index (κ2) is 5.66. The third kappa shape index (κ3) is 2.13. The fourth-order valence-electron chi connectivity index (χ4n) is 3.69. The summed E-state index contributed by atoms with van der Waals surface area (Å²) in [4.78, 5) is 41.3. The van der Waals surface area contributed by atoms with Gasteiger partial charge in [-0.05, 0) is 36.4 Å². The Hall–Kier alpha value is -3.22. The van der Waals surface area contributed by atoms with Gasteiger partial charge in [-0.1, -0.05) is 12.1 Å². The average molecular weight is 353 g/mol. The first-order valence-corrected chi connectivity index (χ1v) is 8.22. The smallest absolute Gasteiger partial charge is 0.271 e. The Labute approximate surface area is 149 Å². The van der Waals surface area contributed by atoms with Crippen molar-refractivity contribution in [3.63, 3.8) is 0 Å². The maximum absolute atomic E-state index is 13.2. The summed E-state index contributed by atoms with van der Waals surface area (Å²) < 4.78 is 13.1. The molecule has 0 bridgehead atoms. The van der Waals surface area contributed by atoms with Crippen LogP contribution in [0, 0.1) is 5.82 Å². The van der Waals surface area contributed by atoms with Gasteiger partial charge in [0.05, 0.1) is 11.3 Å². The number of amides is 3. The highest BCUT2D eigenvalue weighted by molar-refractivity contribution is 6.18. The molecule has 132 valence electrons. The molecule has 7 heteroatoms. The Bertz CT molecular complexity index is 928. The van der Waals surface area contributed by atoms with E-state index in [1.54, 1.807) is 24.3 Å². The number of carbonyl (C=O) groups is 3. The minimum absolute atomic E-state index is 0.156. The molecule has 1 fully saturated rings. The van der Waals surface area contributed by atoms with E-state index in [1.165, 1.54) is 41.1 Å². The van der Waals surface area contributed by atoms with Crippen LogP contribution in [-0.2, 0) is 9.59 Å². The van der Waals surface area contributed by atoms with Gasteiger partial charge in [0.25, 0.3) is 11.8 Å². The maximum atomic E-state index is 13.2. The van der Waals surface area contributed by atoms with Crippen molar-refractivity contribution in [1.82, 2.24) is 4.90 Å². The quantitative estimate of drug-likeness (QED) is 0.901. The number of likely N-dealkylation sites (N-methyl/N-ethyl adjacent to an activating group) is 1. The van der Waals surface area contributed by atoms with Gasteiger partial charge in [-0.2, -0.15) is 0 Å². The fourth-order valence-corrected chi connectivity index (χ4v) is 3.69. The van der Waals surface area contributed by atoms with E-state index < -0.39 is 17.4 Å². The summed E-state index contributed by atoms with van der Waals surface area (Å²) >= 11 is 0. The van der Waals surface area contributed by atoms with Crippen molar-refractivity contribution in [2.24, 2.45) is 0 Å². The monoisotopic (exact) mass is 353 g/mol. The number of benzene rings is 2. The summed E-state index contributed by atoms with van der Waals surface area (Å²) in [5, 5.41) is 2.71. The summed E-state index contributed by atoms with van der Waals surface area (Å²) in [5.41, 5.74) is -0.218. The Balaban J connectivity index is 1.80. The van der Waals surface area contributed by atoms with E-state index in [0.717, 1.165) is 0 Å². The minimum Gasteiger partial charge on any atom is -0.322 e. The average Bonchev–Trinajstić information content (AvgIpc) is 3.00. The highest BCUT2D eigenvalue weighted by atomic mass is 19.1. The van der Waals surface area contributed by atoms with Crippen LogP contribution >= 0.6 is 0 Å². The number of hydrogen-bond acceptors (Lipinski definition) is 3. The zero-order chi connectivity index (χ0) is 18.5. The van der Waals surface area contributed by atoms with Crippen LogP contribution in [-0.4, -0.2) is 35.3 Å². The zero-order valence-corrected chi connectivity index (χ0v) is 14.0. The van der Waals surface area contributed by atoms with Crippen molar-refractivity contribution in [3.8, 4) is 0 Å². The second-order valence-corrected chi connectivity index (χ2v) is 6.39. The summed E-state index contributed by atoms with van der Waals surface area (Å²) in [6, 6.07) is 12.1. The number of nitrogens with zero attached hydrogens (tertiary/aromatic N) is 2. The first-order chi connectivity index (χ1) is 12.4. The molecule has 2 aromatic carbocycles. The highest BCUT2D eigenvalue weighted by Crippen LogP contribution is 2.44. The number of nitrogens with one attached hydrogen (secondary N) is 1. The number of rotatable bonds is 2. The third-order valence-electron chi connectivity index (χ3n) is 5.01. The van der Waals surface area contributed by atoms with Gasteiger partial charge in [-0.25, -0.2) is 4.39 Å². The number of anilines is 2. The Morgan fingerprint density at radius 1 is 1.12 bits per heavy atom. The lowest BCUT2D eigenvalue weighted by molar-refractivity contribution is -0.128. The van der Waals surface area contributed by atoms with E-state index in [0.29, 0.717) is 16.9 Å². The van der Waals surface area contributed by atoms with E-state index in [1.807, 2.05) is 0 Å². The maximum Gasteiger partial charge on any atom is 0.271 e. The molecule has 1 saturated heterocycles. The van der Waals surface area contributed by atoms with Gasteiger partial charge >= 0.3 is 0 Å². The predicted molar refractivity (Wildman–Crippen MR) is 93.0 cm³/mol. The Kier molecular flexibility index (Phi) is 3.54. The molecular formula is C19H16FN3O3. The SMILES string of the molecule is CN1C(=O)c2ccccc2N2C(=O)CC[C@]12C(=O)Nc1ccc(F)cc1. The molecule has 0 aliphatic carbocycles. The van der Waals surface area contributed by atoms with E-state index in [4.69, 9.17) is 0 Å². The van der Waals surface area contributed by atoms with Gasteiger partial charge in [-0.15, -0.1) is 0 Å². The second-order valence-electron chi connectivity index (χ2n) is 6.39. The molecule has 2 aliphatic heterocycles. The molecule has 0 unspecified atom stereocenters. The normalized spacial score (nSPS) is 21.5. The van der Waals surface area contributed by atoms with Crippen molar-refractivity contribution < 1.29 is 18.8 Å². The predicted octanol–water partition coefficient (Wildman–Crippen LogP) is 2.37. The van der Waals surface area contributed by atoms with Gasteiger partial charge < -0.3 is 10.2 Å². The van der Waals surface area contributed by atoms with Crippen molar-refractivity contribution in [3.05, 3.63) is 59.9 Å². The summed E-state index contributed by atoms with van der Waals surface area (Å²) in [6.07, 6.45) is 0.345. The van der Waals surface area contributed by atoms with Crippen molar-refractivity contribution in [2.75, 3.05) is 17.3 Å². The van der Waals surface area contributed by atoms with Crippen molar-refractivity contribution in [1.29, 1.82) is 0 Å². The molecule has 6 nitrogen and oxygen atoms in total. The van der Waals surface area contributed by atoms with Crippen LogP contribution < -0.4 is 10.2 Å². The Morgan fingerprint density at radius 3 is 2.54 bits per heavy atom. The molecule has 3 amide bonds. The number of fused-ring (bicyclic) bond motifs is 3. The highest BCUT2D eigenvalue weighted by Gasteiger charge is 2.59. The standard InChI is InChI=1S/C19H16FN3O3/c1-22-17(25)14-4-2-3-5-15(14)23-16(24)10-11-19(22,23)18(26)21-13-8-6-12(20)7-9-13/h2-9H,10-11H2,1H3,(H,21,26)/t19-/m0/s1. The molecule has 4 rings (SSSR count). The van der Waals surface area contributed by atoms with E-state index in [-0.39, 0.29) is 24.7 Å². The van der Waals surface area contributed by atoms with Crippen molar-refractivity contribution >= 4 is 29.1 Å². The topological polar surface area (TPSA) is 69.7 Å². The number of halogens is 1. The van der Waals surface area contributed by atoms with Gasteiger partial charge in [0.2, 0.25) is 11.6 Å². The molecule has 2 heterocycles. The van der Waals surface area contributed by atoms with Crippen LogP contribution in [0.5, 0.6) is 0 Å². The molecule has 2 aromatic rings. The van der Waals surface area contributed by atoms with Crippen LogP contribution in [0.2, 0.25) is 0 Å². The number of carbonyl (C=O) groups excluding carboxylic acids is 3. The molecule has 0 radical (unpaired) electrons. The van der Waals surface area contributed by atoms with E-state index >= 15 is 0 Å². The van der Waals surface area contributed by atoms with Gasteiger partial charge in [-0.3, -0.25) is 19.3 Å². The molecule has 0 spiro atoms. The lowest BCUT2D eigenvalue weighted by atomic mass is 9.96. The van der Waals surface area contributed by atoms with Gasteiger partial charge in [0.15, 0.2) is 0 Å². The zero-order valence-electron chi connectivity index (χ0n) is 14.0. The molecule has 0 saturated carbocycles. The first kappa shape index (κ1) is 16.3. The minimum atomic E-state index is -1.43. The van der Waals surface area contributed by atoms with Crippen molar-refractivity contribution in [2.45, 2.75) is 18.5 Å². The first-order valence-electron chi connectivity index (χ1n) is 8.22. The van der Waals surface area contributed by atoms with Gasteiger partial charge in [0, 0.05) is 25.6 Å². The van der Waals surface area contributed by atoms with Gasteiger partial charge in [0.1, 0.15) is 5.82 Å². The number of para-hydroxylation sites is 1. The molecular weight excluding hydrogens is 337 g/mol. The van der Waals surface area contributed by atoms with Crippen LogP contribution in [0.4, 0.5) is 15.8 Å². The summed E-state index contributed by atoms with van der Waals surface area (Å²) in [5.74, 6) is -1.45. The summed E-state index contributed by atoms with van der Waals surface area (Å²) in [7, 11) is 1.52. The van der Waals surface area contributed by atoms with Crippen LogP contribution in [0.3, 0.4) is 0 Å². The fraction of sp³-hybridized carbons (Fsp3) is 0.211. The van der Waals surface area contributed by atoms with Crippen LogP contribution in [0.25, 0.3) is 0 Å². The lowest BCUT2D eigenvalue weighted by Gasteiger charge is -2.47. The largest absolute Gasteiger partial charge is 0.322 e. The third-order valence-corrected chi connectivity index (χ3v) is 5.01. The molecule has 0 aromatic heterocycles. The Morgan fingerprint density at radius 2 is 1.81 bits per heavy atom. The number of hydrogen-bond donors (Lipinski definition) is 1. The molecule has 2 aliphatic rings. The van der Waals surface area contributed by atoms with E-state index in [9.17, 15) is 18.8 Å². The summed E-state index contributed by atoms with van der Waals surface area (Å²) in [6.45, 7) is 0. The molecule has 1 atom stereocenters. The lowest BCUT2D eigenvalue weighted by Crippen LogP contribution is -2.68. The van der Waals surface area contributed by atoms with E-state index in [2.05, 4.69) is 5.32 Å². The van der Waals surface area contributed by atoms with Crippen LogP contribution in [0.1, 0.15) is 23.2 Å². The molecule has 26 heavy (non-hydrogen) atoms.